The van der Waals surface area contributed by atoms with Crippen LogP contribution >= 0.6 is 0 Å². The summed E-state index contributed by atoms with van der Waals surface area (Å²) in [7, 11) is 0. The largest absolute Gasteiger partial charge is 0.471 e. The number of hydrogen-bond acceptors (Lipinski definition) is 3. The molecule has 0 fully saturated rings. The van der Waals surface area contributed by atoms with E-state index in [1.54, 1.807) is 0 Å². The molecule has 2 N–H and O–H groups in total. The lowest BCUT2D eigenvalue weighted by atomic mass is 10.5. The predicted molar refractivity (Wildman–Crippen MR) is 36.4 cm³/mol. The lowest BCUT2D eigenvalue weighted by Gasteiger charge is -2.17. The summed E-state index contributed by atoms with van der Waals surface area (Å²) in [4.78, 5) is 10.3. The van der Waals surface area contributed by atoms with Gasteiger partial charge in [0, 0.05) is 0 Å². The topological polar surface area (TPSA) is 58.6 Å². The monoisotopic (exact) mass is 201 g/mol. The van der Waals surface area contributed by atoms with Gasteiger partial charge in [0.25, 0.3) is 0 Å². The number of ether oxygens (including phenoxy) is 1. The van der Waals surface area contributed by atoms with E-state index in [-0.39, 0.29) is 0 Å². The van der Waals surface area contributed by atoms with E-state index in [1.165, 1.54) is 19.2 Å². The summed E-state index contributed by atoms with van der Waals surface area (Å²) in [5.41, 5.74) is 0. The Bertz CT molecular complexity index is 180. The average Bonchev–Trinajstić information content (AvgIpc) is 1.82. The van der Waals surface area contributed by atoms with Crippen molar-refractivity contribution >= 4 is 5.91 Å². The molecule has 0 radical (unpaired) electrons. The Kier molecular flexibility index (Phi) is 4.15. The van der Waals surface area contributed by atoms with E-state index < -0.39 is 24.6 Å². The van der Waals surface area contributed by atoms with E-state index in [9.17, 15) is 18.0 Å². The molecule has 0 aliphatic heterocycles. The van der Waals surface area contributed by atoms with Gasteiger partial charge in [-0.15, -0.1) is 0 Å². The molecule has 0 aromatic heterocycles. The second-order valence-electron chi connectivity index (χ2n) is 2.35. The Morgan fingerprint density at radius 1 is 1.46 bits per heavy atom. The normalized spacial score (nSPS) is 16.5. The molecule has 2 atom stereocenters. The molecule has 1 amide bonds. The van der Waals surface area contributed by atoms with Crippen LogP contribution < -0.4 is 5.32 Å². The second kappa shape index (κ2) is 4.43. The first-order valence-corrected chi connectivity index (χ1v) is 3.44. The van der Waals surface area contributed by atoms with Crippen molar-refractivity contribution in [2.45, 2.75) is 32.5 Å². The molecule has 0 bridgehead atoms. The highest BCUT2D eigenvalue weighted by molar-refractivity contribution is 5.81. The highest BCUT2D eigenvalue weighted by Gasteiger charge is 2.39. The van der Waals surface area contributed by atoms with Crippen LogP contribution in [-0.2, 0) is 9.53 Å². The van der Waals surface area contributed by atoms with Crippen molar-refractivity contribution in [3.8, 4) is 0 Å². The van der Waals surface area contributed by atoms with Crippen molar-refractivity contribution < 1.29 is 27.8 Å². The van der Waals surface area contributed by atoms with E-state index in [4.69, 9.17) is 5.11 Å². The molecule has 0 aromatic rings. The molecule has 13 heavy (non-hydrogen) atoms. The van der Waals surface area contributed by atoms with Gasteiger partial charge < -0.3 is 15.2 Å². The molecular weight excluding hydrogens is 191 g/mol. The van der Waals surface area contributed by atoms with Crippen molar-refractivity contribution in [2.75, 3.05) is 0 Å². The smallest absolute Gasteiger partial charge is 0.368 e. The maximum atomic E-state index is 11.6. The Morgan fingerprint density at radius 3 is 2.23 bits per heavy atom. The van der Waals surface area contributed by atoms with Crippen LogP contribution in [0.4, 0.5) is 13.2 Å². The number of aliphatic hydroxyl groups is 1. The van der Waals surface area contributed by atoms with Crippen LogP contribution in [0.3, 0.4) is 0 Å². The number of rotatable bonds is 3. The highest BCUT2D eigenvalue weighted by Crippen LogP contribution is 2.14. The van der Waals surface area contributed by atoms with Crippen LogP contribution in [-0.4, -0.2) is 29.7 Å². The summed E-state index contributed by atoms with van der Waals surface area (Å²) < 4.78 is 39.3. The summed E-state index contributed by atoms with van der Waals surface area (Å²) in [5.74, 6) is -2.10. The van der Waals surface area contributed by atoms with Crippen LogP contribution in [0.25, 0.3) is 0 Å². The zero-order valence-corrected chi connectivity index (χ0v) is 7.05. The summed E-state index contributed by atoms with van der Waals surface area (Å²) in [6.07, 6.45) is -7.35. The third kappa shape index (κ3) is 5.42. The van der Waals surface area contributed by atoms with Gasteiger partial charge in [-0.1, -0.05) is 0 Å². The Labute approximate surface area is 72.7 Å². The number of halogens is 3. The zero-order valence-electron chi connectivity index (χ0n) is 7.05. The van der Waals surface area contributed by atoms with Crippen molar-refractivity contribution in [2.24, 2.45) is 0 Å². The predicted octanol–water partition coefficient (Wildman–Crippen LogP) is 0.366. The molecule has 0 aromatic carbocycles. The molecule has 2 unspecified atom stereocenters. The van der Waals surface area contributed by atoms with Crippen molar-refractivity contribution in [1.29, 1.82) is 0 Å². The van der Waals surface area contributed by atoms with E-state index in [0.29, 0.717) is 0 Å². The Hall–Kier alpha value is -0.820. The molecule has 78 valence electrons. The lowest BCUT2D eigenvalue weighted by molar-refractivity contribution is -0.183. The quantitative estimate of drug-likeness (QED) is 0.648. The fourth-order valence-electron chi connectivity index (χ4n) is 0.596. The van der Waals surface area contributed by atoms with Crippen molar-refractivity contribution in [1.82, 2.24) is 5.32 Å². The highest BCUT2D eigenvalue weighted by atomic mass is 19.4. The molecule has 0 saturated heterocycles. The Balaban J connectivity index is 3.93. The first kappa shape index (κ1) is 12.2. The van der Waals surface area contributed by atoms with E-state index >= 15 is 0 Å². The van der Waals surface area contributed by atoms with E-state index in [0.717, 1.165) is 0 Å². The van der Waals surface area contributed by atoms with Gasteiger partial charge in [0.1, 0.15) is 6.23 Å². The molecule has 0 heterocycles. The summed E-state index contributed by atoms with van der Waals surface area (Å²) in [6.45, 7) is 2.40. The number of amides is 1. The minimum absolute atomic E-state index is 1.18. The van der Waals surface area contributed by atoms with Gasteiger partial charge >= 0.3 is 12.1 Å². The second-order valence-corrected chi connectivity index (χ2v) is 2.35. The minimum atomic E-state index is -4.93. The molecule has 0 saturated carbocycles. The first-order valence-electron chi connectivity index (χ1n) is 3.44. The van der Waals surface area contributed by atoms with Gasteiger partial charge in [-0.05, 0) is 13.8 Å². The Morgan fingerprint density at radius 2 is 1.92 bits per heavy atom. The number of hydrogen-bond donors (Lipinski definition) is 2. The van der Waals surface area contributed by atoms with Crippen LogP contribution in [0.1, 0.15) is 13.8 Å². The molecule has 4 nitrogen and oxygen atoms in total. The number of aliphatic hydroxyl groups excluding tert-OH is 1. The van der Waals surface area contributed by atoms with Gasteiger partial charge in [-0.25, -0.2) is 0 Å². The van der Waals surface area contributed by atoms with Crippen LogP contribution in [0.5, 0.6) is 0 Å². The SMILES string of the molecule is CC(O)OC(C)NC(=O)C(F)(F)F. The number of alkyl halides is 3. The molecule has 0 rings (SSSR count). The number of carbonyl (C=O) groups is 1. The van der Waals surface area contributed by atoms with Gasteiger partial charge in [0.15, 0.2) is 6.29 Å². The van der Waals surface area contributed by atoms with Crippen molar-refractivity contribution in [3.05, 3.63) is 0 Å². The van der Waals surface area contributed by atoms with Gasteiger partial charge in [-0.2, -0.15) is 13.2 Å². The molecule has 0 aliphatic rings. The first-order chi connectivity index (χ1) is 5.73. The average molecular weight is 201 g/mol. The fraction of sp³-hybridized carbons (Fsp3) is 0.833. The fourth-order valence-corrected chi connectivity index (χ4v) is 0.596. The number of nitrogens with one attached hydrogen (secondary N) is 1. The third-order valence-electron chi connectivity index (χ3n) is 0.993. The molecular formula is C6H10F3NO3. The maximum Gasteiger partial charge on any atom is 0.471 e. The van der Waals surface area contributed by atoms with E-state index in [1.807, 2.05) is 0 Å². The maximum absolute atomic E-state index is 11.6. The summed E-state index contributed by atoms with van der Waals surface area (Å²) in [6, 6.07) is 0. The molecule has 0 spiro atoms. The molecule has 0 aliphatic carbocycles. The van der Waals surface area contributed by atoms with Gasteiger partial charge in [0.05, 0.1) is 0 Å². The van der Waals surface area contributed by atoms with E-state index in [2.05, 4.69) is 4.74 Å². The summed E-state index contributed by atoms with van der Waals surface area (Å²) in [5, 5.41) is 10.1. The van der Waals surface area contributed by atoms with Crippen LogP contribution in [0, 0.1) is 0 Å². The third-order valence-corrected chi connectivity index (χ3v) is 0.993. The lowest BCUT2D eigenvalue weighted by Crippen LogP contribution is -2.43. The standard InChI is InChI=1S/C6H10F3NO3/c1-3(13-4(2)11)10-5(12)6(7,8)9/h3-4,11H,1-2H3,(H,10,12). The minimum Gasteiger partial charge on any atom is -0.368 e. The number of carbonyl (C=O) groups excluding carboxylic acids is 1. The van der Waals surface area contributed by atoms with Crippen LogP contribution in [0.15, 0.2) is 0 Å². The summed E-state index contributed by atoms with van der Waals surface area (Å²) >= 11 is 0. The van der Waals surface area contributed by atoms with Crippen LogP contribution in [0.2, 0.25) is 0 Å². The van der Waals surface area contributed by atoms with Gasteiger partial charge in [-0.3, -0.25) is 4.79 Å². The van der Waals surface area contributed by atoms with Gasteiger partial charge in [0.2, 0.25) is 0 Å². The van der Waals surface area contributed by atoms with Crippen molar-refractivity contribution in [3.63, 3.8) is 0 Å². The molecule has 7 heteroatoms. The zero-order chi connectivity index (χ0) is 10.6.